The third-order valence-corrected chi connectivity index (χ3v) is 6.31. The van der Waals surface area contributed by atoms with Crippen LogP contribution in [0.2, 0.25) is 0 Å². The molecule has 0 bridgehead atoms. The Morgan fingerprint density at radius 3 is 2.48 bits per heavy atom. The Bertz CT molecular complexity index is 1010. The zero-order chi connectivity index (χ0) is 21.5. The second-order valence-corrected chi connectivity index (χ2v) is 8.31. The van der Waals surface area contributed by atoms with Crippen LogP contribution in [-0.2, 0) is 21.4 Å². The van der Waals surface area contributed by atoms with Crippen LogP contribution in [0, 0.1) is 0 Å². The lowest BCUT2D eigenvalue weighted by molar-refractivity contribution is -0.121. The average molecular weight is 418 g/mol. The van der Waals surface area contributed by atoms with E-state index in [9.17, 15) is 4.79 Å². The van der Waals surface area contributed by atoms with Crippen LogP contribution in [0.4, 0.5) is 0 Å². The number of ether oxygens (including phenoxy) is 2. The van der Waals surface area contributed by atoms with Crippen LogP contribution >= 0.6 is 0 Å². The monoisotopic (exact) mass is 417 g/mol. The highest BCUT2D eigenvalue weighted by atomic mass is 16.5. The Morgan fingerprint density at radius 2 is 1.74 bits per heavy atom. The summed E-state index contributed by atoms with van der Waals surface area (Å²) in [5.74, 6) is 0.984. The fraction of sp³-hybridized carbons (Fsp3) is 0.370. The van der Waals surface area contributed by atoms with Gasteiger partial charge in [0.25, 0.3) is 0 Å². The third-order valence-electron chi connectivity index (χ3n) is 6.31. The van der Waals surface area contributed by atoms with Crippen molar-refractivity contribution in [1.29, 1.82) is 0 Å². The summed E-state index contributed by atoms with van der Waals surface area (Å²) in [7, 11) is 0. The minimum Gasteiger partial charge on any atom is -0.494 e. The molecule has 4 rings (SSSR count). The summed E-state index contributed by atoms with van der Waals surface area (Å²) in [6, 6.07) is 23.1. The number of fused-ring (bicyclic) bond motifs is 1. The fourth-order valence-electron chi connectivity index (χ4n) is 4.41. The van der Waals surface area contributed by atoms with Crippen LogP contribution in [0.1, 0.15) is 37.3 Å². The summed E-state index contributed by atoms with van der Waals surface area (Å²) >= 11 is 0. The Hall–Kier alpha value is -2.85. The standard InChI is InChI=1S/C27H31NO3/c1-2-31-25-12-10-24(11-13-25)27(15-17-30-18-16-27)20-28-26(29)14-8-21-7-9-22-5-3-4-6-23(22)19-21/h3-7,9-13,19H,2,8,14-18,20H2,1H3,(H,28,29). The molecule has 31 heavy (non-hydrogen) atoms. The first kappa shape index (κ1) is 21.4. The molecule has 0 spiro atoms. The van der Waals surface area contributed by atoms with Gasteiger partial charge in [-0.05, 0) is 60.2 Å². The Labute approximate surface area is 184 Å². The Balaban J connectivity index is 1.37. The highest BCUT2D eigenvalue weighted by Crippen LogP contribution is 2.35. The van der Waals surface area contributed by atoms with E-state index in [2.05, 4.69) is 47.8 Å². The molecule has 1 saturated heterocycles. The van der Waals surface area contributed by atoms with E-state index in [-0.39, 0.29) is 11.3 Å². The first-order valence-electron chi connectivity index (χ1n) is 11.2. The van der Waals surface area contributed by atoms with Crippen LogP contribution in [-0.4, -0.2) is 32.3 Å². The number of carbonyl (C=O) groups is 1. The minimum absolute atomic E-state index is 0.0817. The molecule has 1 amide bonds. The van der Waals surface area contributed by atoms with E-state index in [4.69, 9.17) is 9.47 Å². The molecule has 1 heterocycles. The van der Waals surface area contributed by atoms with E-state index in [1.807, 2.05) is 31.2 Å². The summed E-state index contributed by atoms with van der Waals surface area (Å²) in [5.41, 5.74) is 2.36. The smallest absolute Gasteiger partial charge is 0.220 e. The van der Waals surface area contributed by atoms with Gasteiger partial charge in [0.2, 0.25) is 5.91 Å². The van der Waals surface area contributed by atoms with Crippen molar-refractivity contribution in [2.24, 2.45) is 0 Å². The van der Waals surface area contributed by atoms with Crippen molar-refractivity contribution in [3.63, 3.8) is 0 Å². The molecule has 4 heteroatoms. The van der Waals surface area contributed by atoms with Gasteiger partial charge in [0.15, 0.2) is 0 Å². The summed E-state index contributed by atoms with van der Waals surface area (Å²) in [4.78, 5) is 12.7. The second-order valence-electron chi connectivity index (χ2n) is 8.31. The molecule has 4 nitrogen and oxygen atoms in total. The van der Waals surface area contributed by atoms with Gasteiger partial charge in [0.1, 0.15) is 5.75 Å². The lowest BCUT2D eigenvalue weighted by Gasteiger charge is -2.38. The molecule has 1 N–H and O–H groups in total. The second kappa shape index (κ2) is 9.97. The van der Waals surface area contributed by atoms with Gasteiger partial charge in [-0.2, -0.15) is 0 Å². The quantitative estimate of drug-likeness (QED) is 0.559. The number of benzene rings is 3. The number of carbonyl (C=O) groups excluding carboxylic acids is 1. The number of hydrogen-bond donors (Lipinski definition) is 1. The first-order valence-corrected chi connectivity index (χ1v) is 11.2. The van der Waals surface area contributed by atoms with E-state index in [0.717, 1.165) is 38.2 Å². The van der Waals surface area contributed by atoms with Crippen molar-refractivity contribution in [3.8, 4) is 5.75 Å². The van der Waals surface area contributed by atoms with Gasteiger partial charge in [-0.25, -0.2) is 0 Å². The molecule has 0 aliphatic carbocycles. The average Bonchev–Trinajstić information content (AvgIpc) is 2.82. The normalized spacial score (nSPS) is 15.5. The third kappa shape index (κ3) is 5.26. The first-order chi connectivity index (χ1) is 15.2. The van der Waals surface area contributed by atoms with E-state index in [1.165, 1.54) is 21.9 Å². The Kier molecular flexibility index (Phi) is 6.88. The van der Waals surface area contributed by atoms with Gasteiger partial charge in [-0.3, -0.25) is 4.79 Å². The van der Waals surface area contributed by atoms with Gasteiger partial charge < -0.3 is 14.8 Å². The van der Waals surface area contributed by atoms with E-state index in [0.29, 0.717) is 19.6 Å². The highest BCUT2D eigenvalue weighted by molar-refractivity contribution is 5.83. The maximum absolute atomic E-state index is 12.7. The minimum atomic E-state index is -0.0817. The lowest BCUT2D eigenvalue weighted by Crippen LogP contribution is -2.44. The molecule has 1 aliphatic rings. The molecule has 1 aliphatic heterocycles. The topological polar surface area (TPSA) is 47.6 Å². The number of amides is 1. The predicted molar refractivity (Wildman–Crippen MR) is 125 cm³/mol. The van der Waals surface area contributed by atoms with Crippen LogP contribution in [0.3, 0.4) is 0 Å². The zero-order valence-electron chi connectivity index (χ0n) is 18.2. The lowest BCUT2D eigenvalue weighted by atomic mass is 9.74. The van der Waals surface area contributed by atoms with Gasteiger partial charge in [-0.1, -0.05) is 54.6 Å². The molecule has 3 aromatic carbocycles. The SMILES string of the molecule is CCOc1ccc(C2(CNC(=O)CCc3ccc4ccccc4c3)CCOCC2)cc1. The molecule has 1 fully saturated rings. The molecule has 0 saturated carbocycles. The van der Waals surface area contributed by atoms with Crippen LogP contribution in [0.5, 0.6) is 5.75 Å². The van der Waals surface area contributed by atoms with Crippen molar-refractivity contribution < 1.29 is 14.3 Å². The predicted octanol–water partition coefficient (Wildman–Crippen LogP) is 5.04. The van der Waals surface area contributed by atoms with Crippen molar-refractivity contribution in [3.05, 3.63) is 77.9 Å². The molecule has 0 radical (unpaired) electrons. The number of aryl methyl sites for hydroxylation is 1. The van der Waals surface area contributed by atoms with Crippen molar-refractivity contribution in [2.45, 2.75) is 38.0 Å². The molecular formula is C27H31NO3. The van der Waals surface area contributed by atoms with Crippen LogP contribution in [0.25, 0.3) is 10.8 Å². The largest absolute Gasteiger partial charge is 0.494 e. The van der Waals surface area contributed by atoms with Gasteiger partial charge >= 0.3 is 0 Å². The maximum Gasteiger partial charge on any atom is 0.220 e. The fourth-order valence-corrected chi connectivity index (χ4v) is 4.41. The number of nitrogens with one attached hydrogen (secondary N) is 1. The number of hydrogen-bond acceptors (Lipinski definition) is 3. The summed E-state index contributed by atoms with van der Waals surface area (Å²) in [6.45, 7) is 4.73. The summed E-state index contributed by atoms with van der Waals surface area (Å²) < 4.78 is 11.2. The molecule has 162 valence electrons. The van der Waals surface area contributed by atoms with Gasteiger partial charge in [0, 0.05) is 31.6 Å². The molecule has 3 aromatic rings. The van der Waals surface area contributed by atoms with E-state index >= 15 is 0 Å². The molecular weight excluding hydrogens is 386 g/mol. The summed E-state index contributed by atoms with van der Waals surface area (Å²) in [6.07, 6.45) is 3.06. The zero-order valence-corrected chi connectivity index (χ0v) is 18.2. The summed E-state index contributed by atoms with van der Waals surface area (Å²) in [5, 5.41) is 5.66. The molecule has 0 atom stereocenters. The van der Waals surface area contributed by atoms with E-state index < -0.39 is 0 Å². The van der Waals surface area contributed by atoms with Crippen molar-refractivity contribution in [2.75, 3.05) is 26.4 Å². The molecule has 0 unspecified atom stereocenters. The van der Waals surface area contributed by atoms with Crippen molar-refractivity contribution >= 4 is 16.7 Å². The molecule has 0 aromatic heterocycles. The number of rotatable bonds is 8. The van der Waals surface area contributed by atoms with Gasteiger partial charge in [-0.15, -0.1) is 0 Å². The Morgan fingerprint density at radius 1 is 1.00 bits per heavy atom. The van der Waals surface area contributed by atoms with E-state index in [1.54, 1.807) is 0 Å². The van der Waals surface area contributed by atoms with Crippen LogP contribution < -0.4 is 10.1 Å². The highest BCUT2D eigenvalue weighted by Gasteiger charge is 2.34. The van der Waals surface area contributed by atoms with Gasteiger partial charge in [0.05, 0.1) is 6.61 Å². The van der Waals surface area contributed by atoms with Crippen LogP contribution in [0.15, 0.2) is 66.7 Å². The van der Waals surface area contributed by atoms with Crippen molar-refractivity contribution in [1.82, 2.24) is 5.32 Å². The maximum atomic E-state index is 12.7.